The molecule has 0 heterocycles. The highest BCUT2D eigenvalue weighted by Gasteiger charge is 2.01. The van der Waals surface area contributed by atoms with Crippen LogP contribution < -0.4 is 21.3 Å². The molecule has 0 aromatic heterocycles. The van der Waals surface area contributed by atoms with Crippen LogP contribution >= 0.6 is 24.4 Å². The van der Waals surface area contributed by atoms with Crippen LogP contribution in [0.15, 0.2) is 24.3 Å². The van der Waals surface area contributed by atoms with Crippen LogP contribution in [0.5, 0.6) is 0 Å². The zero-order valence-corrected chi connectivity index (χ0v) is 13.9. The summed E-state index contributed by atoms with van der Waals surface area (Å²) in [4.78, 5) is 0. The fraction of sp³-hybridized carbons (Fsp3) is 0.429. The number of benzene rings is 1. The van der Waals surface area contributed by atoms with Gasteiger partial charge in [0.15, 0.2) is 10.2 Å². The molecule has 1 aromatic rings. The molecule has 1 rings (SSSR count). The van der Waals surface area contributed by atoms with E-state index in [0.29, 0.717) is 22.3 Å². The Morgan fingerprint density at radius 1 is 0.750 bits per heavy atom. The Morgan fingerprint density at radius 3 is 1.30 bits per heavy atom. The summed E-state index contributed by atoms with van der Waals surface area (Å²) >= 11 is 10.4. The average Bonchev–Trinajstić information content (AvgIpc) is 2.29. The smallest absolute Gasteiger partial charge is 0.170 e. The summed E-state index contributed by atoms with van der Waals surface area (Å²) in [5, 5.41) is 13.8. The van der Waals surface area contributed by atoms with Crippen molar-refractivity contribution in [2.45, 2.75) is 39.8 Å². The molecule has 0 aliphatic heterocycles. The van der Waals surface area contributed by atoms with Crippen LogP contribution in [0.25, 0.3) is 0 Å². The van der Waals surface area contributed by atoms with E-state index in [1.165, 1.54) is 0 Å². The molecule has 6 heteroatoms. The molecule has 0 fully saturated rings. The fourth-order valence-electron chi connectivity index (χ4n) is 1.50. The second-order valence-electron chi connectivity index (χ2n) is 5.08. The van der Waals surface area contributed by atoms with E-state index in [0.717, 1.165) is 11.4 Å². The molecular weight excluding hydrogens is 288 g/mol. The van der Waals surface area contributed by atoms with E-state index >= 15 is 0 Å². The molecule has 0 aliphatic carbocycles. The fourth-order valence-corrected chi connectivity index (χ4v) is 2.20. The number of thiocarbonyl (C=S) groups is 2. The number of anilines is 2. The van der Waals surface area contributed by atoms with E-state index < -0.39 is 0 Å². The van der Waals surface area contributed by atoms with E-state index in [2.05, 4.69) is 21.3 Å². The number of hydrogen-bond donors (Lipinski definition) is 4. The number of nitrogens with one attached hydrogen (secondary N) is 4. The van der Waals surface area contributed by atoms with Gasteiger partial charge in [-0.05, 0) is 76.4 Å². The van der Waals surface area contributed by atoms with Crippen LogP contribution in [-0.2, 0) is 0 Å². The largest absolute Gasteiger partial charge is 0.360 e. The van der Waals surface area contributed by atoms with Crippen LogP contribution in [0.1, 0.15) is 27.7 Å². The van der Waals surface area contributed by atoms with Crippen LogP contribution in [0.4, 0.5) is 11.4 Å². The van der Waals surface area contributed by atoms with Crippen molar-refractivity contribution in [2.24, 2.45) is 0 Å². The molecule has 0 unspecified atom stereocenters. The van der Waals surface area contributed by atoms with Gasteiger partial charge in [-0.3, -0.25) is 0 Å². The number of rotatable bonds is 4. The van der Waals surface area contributed by atoms with Gasteiger partial charge >= 0.3 is 0 Å². The molecular formula is C14H22N4S2. The Hall–Kier alpha value is -1.40. The molecule has 1 aromatic carbocycles. The van der Waals surface area contributed by atoms with Crippen molar-refractivity contribution in [3.63, 3.8) is 0 Å². The van der Waals surface area contributed by atoms with Gasteiger partial charge in [-0.15, -0.1) is 0 Å². The lowest BCUT2D eigenvalue weighted by molar-refractivity contribution is 0.739. The third kappa shape index (κ3) is 6.68. The second kappa shape index (κ2) is 8.01. The van der Waals surface area contributed by atoms with Crippen molar-refractivity contribution in [2.75, 3.05) is 10.6 Å². The Bertz CT molecular complexity index is 412. The zero-order valence-electron chi connectivity index (χ0n) is 12.3. The van der Waals surface area contributed by atoms with E-state index in [1.54, 1.807) is 0 Å². The monoisotopic (exact) mass is 310 g/mol. The normalized spacial score (nSPS) is 10.3. The Kier molecular flexibility index (Phi) is 6.67. The van der Waals surface area contributed by atoms with Crippen molar-refractivity contribution in [1.29, 1.82) is 0 Å². The highest BCUT2D eigenvalue weighted by Crippen LogP contribution is 2.13. The molecule has 4 N–H and O–H groups in total. The summed E-state index contributed by atoms with van der Waals surface area (Å²) in [5.41, 5.74) is 1.88. The first kappa shape index (κ1) is 16.7. The molecule has 0 saturated heterocycles. The molecule has 0 radical (unpaired) electrons. The van der Waals surface area contributed by atoms with E-state index in [4.69, 9.17) is 24.4 Å². The molecule has 20 heavy (non-hydrogen) atoms. The molecule has 0 amide bonds. The first-order valence-corrected chi connectivity index (χ1v) is 7.43. The first-order chi connectivity index (χ1) is 9.36. The molecule has 0 aliphatic rings. The van der Waals surface area contributed by atoms with Crippen molar-refractivity contribution in [3.05, 3.63) is 24.3 Å². The third-order valence-electron chi connectivity index (χ3n) is 2.24. The number of hydrogen-bond acceptors (Lipinski definition) is 2. The minimum atomic E-state index is 0.315. The maximum Gasteiger partial charge on any atom is 0.170 e. The lowest BCUT2D eigenvalue weighted by atomic mass is 10.3. The summed E-state index contributed by atoms with van der Waals surface area (Å²) in [6.45, 7) is 8.18. The summed E-state index contributed by atoms with van der Waals surface area (Å²) in [7, 11) is 0. The predicted octanol–water partition coefficient (Wildman–Crippen LogP) is 3.08. The highest BCUT2D eigenvalue weighted by atomic mass is 32.1. The van der Waals surface area contributed by atoms with Gasteiger partial charge in [0.05, 0.1) is 0 Å². The quantitative estimate of drug-likeness (QED) is 0.641. The van der Waals surface area contributed by atoms with Gasteiger partial charge in [0.1, 0.15) is 0 Å². The van der Waals surface area contributed by atoms with E-state index in [1.807, 2.05) is 52.0 Å². The van der Waals surface area contributed by atoms with Crippen molar-refractivity contribution in [3.8, 4) is 0 Å². The average molecular weight is 310 g/mol. The summed E-state index contributed by atoms with van der Waals surface area (Å²) in [5.74, 6) is 0. The molecule has 0 spiro atoms. The molecule has 0 bridgehead atoms. The van der Waals surface area contributed by atoms with Crippen LogP contribution in [0.3, 0.4) is 0 Å². The minimum Gasteiger partial charge on any atom is -0.360 e. The third-order valence-corrected chi connectivity index (χ3v) is 2.68. The maximum atomic E-state index is 5.19. The van der Waals surface area contributed by atoms with Gasteiger partial charge in [0.25, 0.3) is 0 Å². The van der Waals surface area contributed by atoms with Gasteiger partial charge in [-0.25, -0.2) is 0 Å². The van der Waals surface area contributed by atoms with Crippen LogP contribution in [-0.4, -0.2) is 22.3 Å². The van der Waals surface area contributed by atoms with Crippen LogP contribution in [0, 0.1) is 0 Å². The SMILES string of the molecule is CC(C)NC(=S)Nc1ccc(NC(=S)NC(C)C)cc1. The molecule has 110 valence electrons. The van der Waals surface area contributed by atoms with Gasteiger partial charge in [-0.1, -0.05) is 0 Å². The zero-order chi connectivity index (χ0) is 15.1. The summed E-state index contributed by atoms with van der Waals surface area (Å²) in [6.07, 6.45) is 0. The lowest BCUT2D eigenvalue weighted by Gasteiger charge is -2.15. The van der Waals surface area contributed by atoms with E-state index in [-0.39, 0.29) is 0 Å². The van der Waals surface area contributed by atoms with Crippen molar-refractivity contribution >= 4 is 46.0 Å². The predicted molar refractivity (Wildman–Crippen MR) is 95.4 cm³/mol. The second-order valence-corrected chi connectivity index (χ2v) is 5.90. The topological polar surface area (TPSA) is 48.1 Å². The lowest BCUT2D eigenvalue weighted by Crippen LogP contribution is -2.34. The Balaban J connectivity index is 2.52. The van der Waals surface area contributed by atoms with Gasteiger partial charge < -0.3 is 21.3 Å². The minimum absolute atomic E-state index is 0.315. The van der Waals surface area contributed by atoms with Gasteiger partial charge in [0.2, 0.25) is 0 Å². The van der Waals surface area contributed by atoms with Crippen molar-refractivity contribution < 1.29 is 0 Å². The van der Waals surface area contributed by atoms with Crippen LogP contribution in [0.2, 0.25) is 0 Å². The summed E-state index contributed by atoms with van der Waals surface area (Å²) < 4.78 is 0. The maximum absolute atomic E-state index is 5.19. The first-order valence-electron chi connectivity index (χ1n) is 6.62. The van der Waals surface area contributed by atoms with Crippen molar-refractivity contribution in [1.82, 2.24) is 10.6 Å². The van der Waals surface area contributed by atoms with E-state index in [9.17, 15) is 0 Å². The molecule has 0 saturated carbocycles. The Morgan fingerprint density at radius 2 is 1.05 bits per heavy atom. The highest BCUT2D eigenvalue weighted by molar-refractivity contribution is 7.80. The standard InChI is InChI=1S/C14H22N4S2/c1-9(2)15-13(19)17-11-5-7-12(8-6-11)18-14(20)16-10(3)4/h5-10H,1-4H3,(H2,15,17,19)(H2,16,18,20). The van der Waals surface area contributed by atoms with Gasteiger partial charge in [0, 0.05) is 23.5 Å². The Labute approximate surface area is 131 Å². The molecule has 4 nitrogen and oxygen atoms in total. The summed E-state index contributed by atoms with van der Waals surface area (Å²) in [6, 6.07) is 8.44. The van der Waals surface area contributed by atoms with Gasteiger partial charge in [-0.2, -0.15) is 0 Å². The molecule has 0 atom stereocenters.